The minimum atomic E-state index is -1.38. The topological polar surface area (TPSA) is 50.2 Å². The lowest BCUT2D eigenvalue weighted by atomic mass is 10.0. The summed E-state index contributed by atoms with van der Waals surface area (Å²) in [6.07, 6.45) is 0. The lowest BCUT2D eigenvalue weighted by Crippen LogP contribution is -1.97. The fraction of sp³-hybridized carbons (Fsp3) is 0. The highest BCUT2D eigenvalue weighted by molar-refractivity contribution is 7.85. The zero-order valence-corrected chi connectivity index (χ0v) is 23.1. The highest BCUT2D eigenvalue weighted by atomic mass is 32.2. The van der Waals surface area contributed by atoms with E-state index in [1.807, 2.05) is 24.3 Å². The smallest absolute Gasteiger partial charge is 0.0992 e. The van der Waals surface area contributed by atoms with Gasteiger partial charge in [0.2, 0.25) is 0 Å². The van der Waals surface area contributed by atoms with Crippen LogP contribution >= 0.6 is 0 Å². The van der Waals surface area contributed by atoms with Crippen LogP contribution in [0, 0.1) is 11.3 Å². The molecular weight excluding hydrogens is 534 g/mol. The van der Waals surface area contributed by atoms with E-state index in [0.29, 0.717) is 15.4 Å². The van der Waals surface area contributed by atoms with Crippen molar-refractivity contribution in [2.45, 2.75) is 9.79 Å². The van der Waals surface area contributed by atoms with Gasteiger partial charge in [-0.15, -0.1) is 0 Å². The molecule has 3 heterocycles. The first kappa shape index (κ1) is 23.3. The van der Waals surface area contributed by atoms with E-state index < -0.39 is 10.8 Å². The number of hydrogen-bond donors (Lipinski definition) is 0. The Kier molecular flexibility index (Phi) is 4.73. The average Bonchev–Trinajstić information content (AvgIpc) is 3.53. The fourth-order valence-corrected chi connectivity index (χ4v) is 7.88. The lowest BCUT2D eigenvalue weighted by Gasteiger charge is -2.10. The van der Waals surface area contributed by atoms with Crippen molar-refractivity contribution in [1.82, 2.24) is 8.97 Å². The van der Waals surface area contributed by atoms with E-state index in [4.69, 9.17) is 0 Å². The minimum Gasteiger partial charge on any atom is -0.309 e. The van der Waals surface area contributed by atoms with Crippen molar-refractivity contribution in [2.24, 2.45) is 0 Å². The van der Waals surface area contributed by atoms with E-state index >= 15 is 0 Å². The van der Waals surface area contributed by atoms with Gasteiger partial charge in [0, 0.05) is 42.4 Å². The monoisotopic (exact) mass is 555 g/mol. The SMILES string of the molecule is N#Cc1cccc(S(=O)c2ccc(-n3c4cccc5c6ccccc6n6c7ccccc7c7ccc3c(c54)c76)cc2)c1. The Labute approximate surface area is 243 Å². The van der Waals surface area contributed by atoms with Crippen LogP contribution in [-0.2, 0) is 10.8 Å². The molecule has 0 aliphatic rings. The summed E-state index contributed by atoms with van der Waals surface area (Å²) in [5.41, 5.74) is 7.41. The molecule has 3 aromatic heterocycles. The molecule has 9 rings (SSSR count). The maximum atomic E-state index is 13.4. The maximum Gasteiger partial charge on any atom is 0.0992 e. The summed E-state index contributed by atoms with van der Waals surface area (Å²) in [5, 5.41) is 16.7. The molecule has 196 valence electrons. The molecule has 0 N–H and O–H groups in total. The van der Waals surface area contributed by atoms with Gasteiger partial charge in [-0.2, -0.15) is 5.26 Å². The van der Waals surface area contributed by atoms with Gasteiger partial charge in [-0.1, -0.05) is 60.7 Å². The number of para-hydroxylation sites is 2. The predicted octanol–water partition coefficient (Wildman–Crippen LogP) is 8.97. The standard InChI is InChI=1S/C37H21N3OS/c38-22-23-7-5-8-26(21-23)42(41)25-17-15-24(16-18-25)39-33-14-6-11-29-27-9-1-3-12-31(27)40-32-13-4-2-10-28(32)30-19-20-34(39)36(35(29)33)37(30)40/h1-21H. The molecular formula is C37H21N3OS. The molecule has 0 spiro atoms. The highest BCUT2D eigenvalue weighted by Gasteiger charge is 2.22. The van der Waals surface area contributed by atoms with E-state index in [9.17, 15) is 9.47 Å². The van der Waals surface area contributed by atoms with Gasteiger partial charge in [-0.05, 0) is 72.1 Å². The molecule has 0 aliphatic heterocycles. The molecule has 0 saturated carbocycles. The average molecular weight is 556 g/mol. The third kappa shape index (κ3) is 3.02. The molecule has 1 atom stereocenters. The second-order valence-electron chi connectivity index (χ2n) is 10.7. The summed E-state index contributed by atoms with van der Waals surface area (Å²) in [5.74, 6) is 0. The number of fused-ring (bicyclic) bond motifs is 6. The number of nitriles is 1. The van der Waals surface area contributed by atoms with Crippen molar-refractivity contribution in [3.05, 3.63) is 133 Å². The van der Waals surface area contributed by atoms with Crippen LogP contribution in [0.5, 0.6) is 0 Å². The number of rotatable bonds is 3. The summed E-state index contributed by atoms with van der Waals surface area (Å²) >= 11 is 0. The van der Waals surface area contributed by atoms with Crippen molar-refractivity contribution in [3.63, 3.8) is 0 Å². The Morgan fingerprint density at radius 2 is 1.19 bits per heavy atom. The van der Waals surface area contributed by atoms with Crippen LogP contribution in [-0.4, -0.2) is 13.2 Å². The van der Waals surface area contributed by atoms with Gasteiger partial charge in [0.1, 0.15) is 0 Å². The fourth-order valence-electron chi connectivity index (χ4n) is 6.78. The van der Waals surface area contributed by atoms with Gasteiger partial charge < -0.3 is 8.97 Å². The van der Waals surface area contributed by atoms with Gasteiger partial charge >= 0.3 is 0 Å². The summed E-state index contributed by atoms with van der Waals surface area (Å²) < 4.78 is 18.1. The van der Waals surface area contributed by atoms with E-state index in [1.165, 1.54) is 48.9 Å². The lowest BCUT2D eigenvalue weighted by molar-refractivity contribution is 0.683. The second-order valence-corrected chi connectivity index (χ2v) is 12.1. The molecule has 6 aromatic carbocycles. The Balaban J connectivity index is 1.37. The number of aromatic nitrogens is 2. The van der Waals surface area contributed by atoms with Crippen LogP contribution in [0.2, 0.25) is 0 Å². The first-order valence-electron chi connectivity index (χ1n) is 13.8. The highest BCUT2D eigenvalue weighted by Crippen LogP contribution is 2.45. The van der Waals surface area contributed by atoms with Gasteiger partial charge in [0.15, 0.2) is 0 Å². The maximum absolute atomic E-state index is 13.4. The van der Waals surface area contributed by atoms with Crippen LogP contribution in [0.15, 0.2) is 137 Å². The third-order valence-electron chi connectivity index (χ3n) is 8.51. The number of hydrogen-bond acceptors (Lipinski definition) is 2. The molecule has 1 unspecified atom stereocenters. The Morgan fingerprint density at radius 1 is 0.548 bits per heavy atom. The third-order valence-corrected chi connectivity index (χ3v) is 9.89. The van der Waals surface area contributed by atoms with E-state index in [1.54, 1.807) is 24.3 Å². The minimum absolute atomic E-state index is 0.505. The molecule has 0 radical (unpaired) electrons. The molecule has 5 heteroatoms. The molecule has 4 nitrogen and oxygen atoms in total. The predicted molar refractivity (Wildman–Crippen MR) is 171 cm³/mol. The van der Waals surface area contributed by atoms with Crippen LogP contribution in [0.1, 0.15) is 5.56 Å². The number of nitrogens with zero attached hydrogens (tertiary/aromatic N) is 3. The Hall–Kier alpha value is -5.44. The van der Waals surface area contributed by atoms with Gasteiger partial charge in [0.05, 0.1) is 50.0 Å². The molecule has 0 bridgehead atoms. The normalized spacial score (nSPS) is 12.7. The molecule has 42 heavy (non-hydrogen) atoms. The van der Waals surface area contributed by atoms with Gasteiger partial charge in [-0.25, -0.2) is 4.21 Å². The largest absolute Gasteiger partial charge is 0.309 e. The molecule has 0 aliphatic carbocycles. The Bertz CT molecular complexity index is 2600. The van der Waals surface area contributed by atoms with Gasteiger partial charge in [-0.3, -0.25) is 0 Å². The molecule has 9 aromatic rings. The first-order chi connectivity index (χ1) is 20.7. The van der Waals surface area contributed by atoms with Crippen LogP contribution < -0.4 is 0 Å². The van der Waals surface area contributed by atoms with Crippen molar-refractivity contribution < 1.29 is 4.21 Å². The summed E-state index contributed by atoms with van der Waals surface area (Å²) in [6.45, 7) is 0. The van der Waals surface area contributed by atoms with E-state index in [0.717, 1.165) is 16.7 Å². The zero-order valence-electron chi connectivity index (χ0n) is 22.3. The molecule has 0 fully saturated rings. The second kappa shape index (κ2) is 8.53. The van der Waals surface area contributed by atoms with E-state index in [2.05, 4.69) is 93.9 Å². The quantitative estimate of drug-likeness (QED) is 0.218. The van der Waals surface area contributed by atoms with E-state index in [-0.39, 0.29) is 0 Å². The van der Waals surface area contributed by atoms with Crippen molar-refractivity contribution >= 4 is 70.7 Å². The molecule has 0 saturated heterocycles. The van der Waals surface area contributed by atoms with Crippen LogP contribution in [0.3, 0.4) is 0 Å². The summed E-state index contributed by atoms with van der Waals surface area (Å²) in [4.78, 5) is 1.33. The Morgan fingerprint density at radius 3 is 1.95 bits per heavy atom. The van der Waals surface area contributed by atoms with Crippen molar-refractivity contribution in [1.29, 1.82) is 5.26 Å². The summed E-state index contributed by atoms with van der Waals surface area (Å²) in [6, 6.07) is 45.5. The van der Waals surface area contributed by atoms with Crippen LogP contribution in [0.4, 0.5) is 0 Å². The zero-order chi connectivity index (χ0) is 27.9. The van der Waals surface area contributed by atoms with Crippen molar-refractivity contribution in [2.75, 3.05) is 0 Å². The summed E-state index contributed by atoms with van der Waals surface area (Å²) in [7, 11) is -1.38. The molecule has 0 amide bonds. The van der Waals surface area contributed by atoms with Crippen molar-refractivity contribution in [3.8, 4) is 11.8 Å². The van der Waals surface area contributed by atoms with Gasteiger partial charge in [0.25, 0.3) is 0 Å². The first-order valence-corrected chi connectivity index (χ1v) is 15.0. The van der Waals surface area contributed by atoms with Crippen LogP contribution in [0.25, 0.3) is 65.6 Å². The number of benzene rings is 6.